The van der Waals surface area contributed by atoms with Crippen LogP contribution in [0.3, 0.4) is 0 Å². The van der Waals surface area contributed by atoms with Crippen molar-refractivity contribution in [1.29, 1.82) is 0 Å². The van der Waals surface area contributed by atoms with Gasteiger partial charge in [-0.15, -0.1) is 0 Å². The summed E-state index contributed by atoms with van der Waals surface area (Å²) >= 11 is -2.45. The molecule has 82 valence electrons. The second-order valence-corrected chi connectivity index (χ2v) is 18.8. The van der Waals surface area contributed by atoms with E-state index in [0.29, 0.717) is 5.75 Å². The zero-order valence-electron chi connectivity index (χ0n) is 9.40. The van der Waals surface area contributed by atoms with E-state index in [1.807, 2.05) is 6.07 Å². The molecule has 1 aromatic carbocycles. The molecule has 0 fully saturated rings. The van der Waals surface area contributed by atoms with Gasteiger partial charge in [0.1, 0.15) is 0 Å². The molecule has 0 spiro atoms. The topological polar surface area (TPSA) is 52.4 Å². The molecule has 0 N–H and O–H groups in total. The van der Waals surface area contributed by atoms with E-state index in [-0.39, 0.29) is 10.6 Å². The van der Waals surface area contributed by atoms with Gasteiger partial charge < -0.3 is 0 Å². The maximum absolute atomic E-state index is 10.9. The van der Waals surface area contributed by atoms with Gasteiger partial charge in [-0.05, 0) is 0 Å². The third-order valence-corrected chi connectivity index (χ3v) is 7.96. The van der Waals surface area contributed by atoms with Crippen LogP contribution in [0.4, 0.5) is 5.69 Å². The number of nitro groups is 1. The molecular weight excluding hydrogens is 301 g/mol. The van der Waals surface area contributed by atoms with Crippen molar-refractivity contribution < 1.29 is 9.66 Å². The Morgan fingerprint density at radius 2 is 1.93 bits per heavy atom. The number of nitro benzene ring substituents is 1. The van der Waals surface area contributed by atoms with Crippen LogP contribution in [-0.4, -0.2) is 30.4 Å². The van der Waals surface area contributed by atoms with Gasteiger partial charge in [0.2, 0.25) is 0 Å². The number of hydrogen-bond acceptors (Lipinski definition) is 3. The van der Waals surface area contributed by atoms with E-state index >= 15 is 0 Å². The summed E-state index contributed by atoms with van der Waals surface area (Å²) in [6.45, 7) is 0. The molecule has 0 aliphatic rings. The Balaban J connectivity index is 3.36. The van der Waals surface area contributed by atoms with E-state index in [2.05, 4.69) is 14.8 Å². The Morgan fingerprint density at radius 3 is 2.33 bits per heavy atom. The van der Waals surface area contributed by atoms with Crippen molar-refractivity contribution in [3.05, 3.63) is 28.3 Å². The van der Waals surface area contributed by atoms with Gasteiger partial charge in [0.05, 0.1) is 0 Å². The van der Waals surface area contributed by atoms with Crippen molar-refractivity contribution in [2.75, 3.05) is 7.11 Å². The quantitative estimate of drug-likeness (QED) is 0.488. The number of benzene rings is 1. The van der Waals surface area contributed by atoms with Crippen molar-refractivity contribution in [3.8, 4) is 5.75 Å². The van der Waals surface area contributed by atoms with E-state index in [1.165, 1.54) is 6.07 Å². The minimum absolute atomic E-state index is 0.235. The van der Waals surface area contributed by atoms with Gasteiger partial charge >= 0.3 is 93.3 Å². The summed E-state index contributed by atoms with van der Waals surface area (Å²) in [7, 11) is 1.57. The SMILES string of the molecule is COc1ccc([N+](=O)[O-])[c]([Sn]([CH3])([CH3])[CH3])c1. The van der Waals surface area contributed by atoms with Gasteiger partial charge in [-0.25, -0.2) is 0 Å². The third kappa shape index (κ3) is 2.84. The first-order valence-electron chi connectivity index (χ1n) is 4.69. The Kier molecular flexibility index (Phi) is 3.59. The van der Waals surface area contributed by atoms with E-state index in [0.717, 1.165) is 3.58 Å². The van der Waals surface area contributed by atoms with Gasteiger partial charge in [0.15, 0.2) is 0 Å². The molecule has 0 aromatic heterocycles. The Morgan fingerprint density at radius 1 is 1.33 bits per heavy atom. The Labute approximate surface area is 93.3 Å². The molecular formula is C10H15NO3Sn. The molecule has 0 saturated heterocycles. The van der Waals surface area contributed by atoms with Crippen LogP contribution in [0.1, 0.15) is 0 Å². The number of rotatable bonds is 3. The normalized spacial score (nSPS) is 11.2. The van der Waals surface area contributed by atoms with Gasteiger partial charge in [-0.1, -0.05) is 0 Å². The summed E-state index contributed by atoms with van der Waals surface area (Å²) in [6.07, 6.45) is 0. The molecule has 1 aromatic rings. The predicted molar refractivity (Wildman–Crippen MR) is 62.6 cm³/mol. The molecule has 0 heterocycles. The Hall–Kier alpha value is -0.781. The summed E-state index contributed by atoms with van der Waals surface area (Å²) in [5.74, 6) is 0.697. The van der Waals surface area contributed by atoms with Crippen LogP contribution in [0.15, 0.2) is 18.2 Å². The second-order valence-electron chi connectivity index (χ2n) is 4.39. The van der Waals surface area contributed by atoms with Crippen molar-refractivity contribution >= 4 is 27.6 Å². The second kappa shape index (κ2) is 4.38. The number of hydrogen-bond donors (Lipinski definition) is 0. The fourth-order valence-electron chi connectivity index (χ4n) is 1.40. The standard InChI is InChI=1S/C7H6NO3.3CH3.Sn/c1-11-7-4-2-6(3-5-7)8(9)10;;;;/h2,4-5H,1H3;3*1H3;. The maximum atomic E-state index is 10.9. The van der Waals surface area contributed by atoms with Crippen LogP contribution in [0.2, 0.25) is 14.8 Å². The first-order chi connectivity index (χ1) is 6.86. The average Bonchev–Trinajstić information content (AvgIpc) is 2.15. The monoisotopic (exact) mass is 317 g/mol. The summed E-state index contributed by atoms with van der Waals surface area (Å²) < 4.78 is 5.99. The molecule has 0 aliphatic heterocycles. The fraction of sp³-hybridized carbons (Fsp3) is 0.400. The van der Waals surface area contributed by atoms with E-state index in [1.54, 1.807) is 13.2 Å². The number of nitrogens with zero attached hydrogens (tertiary/aromatic N) is 1. The zero-order valence-corrected chi connectivity index (χ0v) is 12.3. The van der Waals surface area contributed by atoms with E-state index < -0.39 is 18.4 Å². The molecule has 0 bridgehead atoms. The molecule has 0 amide bonds. The molecule has 0 aliphatic carbocycles. The minimum atomic E-state index is -2.45. The van der Waals surface area contributed by atoms with Crippen LogP contribution in [0.5, 0.6) is 5.75 Å². The van der Waals surface area contributed by atoms with Crippen LogP contribution < -0.4 is 8.32 Å². The van der Waals surface area contributed by atoms with E-state index in [9.17, 15) is 10.1 Å². The number of ether oxygens (including phenoxy) is 1. The van der Waals surface area contributed by atoms with Crippen molar-refractivity contribution in [3.63, 3.8) is 0 Å². The molecule has 5 heteroatoms. The fourth-order valence-corrected chi connectivity index (χ4v) is 5.74. The molecule has 0 saturated carbocycles. The summed E-state index contributed by atoms with van der Waals surface area (Å²) in [5, 5.41) is 10.9. The third-order valence-electron chi connectivity index (χ3n) is 2.21. The molecule has 15 heavy (non-hydrogen) atoms. The van der Waals surface area contributed by atoms with Crippen molar-refractivity contribution in [1.82, 2.24) is 0 Å². The van der Waals surface area contributed by atoms with Crippen LogP contribution in [0, 0.1) is 10.1 Å². The summed E-state index contributed by atoms with van der Waals surface area (Å²) in [4.78, 5) is 17.0. The number of methoxy groups -OCH3 is 1. The summed E-state index contributed by atoms with van der Waals surface area (Å²) in [6, 6.07) is 4.99. The molecule has 4 nitrogen and oxygen atoms in total. The van der Waals surface area contributed by atoms with Gasteiger partial charge in [0, 0.05) is 0 Å². The molecule has 1 rings (SSSR count). The van der Waals surface area contributed by atoms with Crippen LogP contribution >= 0.6 is 0 Å². The van der Waals surface area contributed by atoms with Gasteiger partial charge in [-0.3, -0.25) is 0 Å². The van der Waals surface area contributed by atoms with Gasteiger partial charge in [-0.2, -0.15) is 0 Å². The molecule has 0 radical (unpaired) electrons. The van der Waals surface area contributed by atoms with Crippen LogP contribution in [0.25, 0.3) is 0 Å². The summed E-state index contributed by atoms with van der Waals surface area (Å²) in [5.41, 5.74) is 0.235. The van der Waals surface area contributed by atoms with Crippen molar-refractivity contribution in [2.45, 2.75) is 14.8 Å². The van der Waals surface area contributed by atoms with Crippen LogP contribution in [-0.2, 0) is 0 Å². The molecule has 0 unspecified atom stereocenters. The first kappa shape index (κ1) is 12.3. The average molecular weight is 316 g/mol. The van der Waals surface area contributed by atoms with Gasteiger partial charge in [0.25, 0.3) is 0 Å². The van der Waals surface area contributed by atoms with Crippen molar-refractivity contribution in [2.24, 2.45) is 0 Å². The van der Waals surface area contributed by atoms with E-state index in [4.69, 9.17) is 4.74 Å². The molecule has 0 atom stereocenters. The predicted octanol–water partition coefficient (Wildman–Crippen LogP) is 2.15. The zero-order chi connectivity index (χ0) is 11.6. The Bertz CT molecular complexity index is 385. The first-order valence-corrected chi connectivity index (χ1v) is 14.7.